The smallest absolute Gasteiger partial charge is 0.251 e. The van der Waals surface area contributed by atoms with E-state index in [1.807, 2.05) is 24.3 Å². The molecule has 1 fully saturated rings. The molecule has 1 heterocycles. The topological polar surface area (TPSA) is 71.3 Å². The molecule has 5 heteroatoms. The molecule has 1 aliphatic rings. The number of nitrogens with one attached hydrogen (secondary N) is 2. The van der Waals surface area contributed by atoms with Crippen LogP contribution in [0.5, 0.6) is 0 Å². The average Bonchev–Trinajstić information content (AvgIpc) is 3.37. The third kappa shape index (κ3) is 3.40. The van der Waals surface area contributed by atoms with Gasteiger partial charge < -0.3 is 15.1 Å². The molecule has 0 atom stereocenters. The summed E-state index contributed by atoms with van der Waals surface area (Å²) in [5, 5.41) is 6.80. The molecule has 1 saturated carbocycles. The normalized spacial score (nSPS) is 13.6. The number of hydrogen-bond donors (Lipinski definition) is 2. The fraction of sp³-hybridized carbons (Fsp3) is 0.200. The Morgan fingerprint density at radius 3 is 2.56 bits per heavy atom. The number of rotatable bonds is 5. The molecule has 25 heavy (non-hydrogen) atoms. The van der Waals surface area contributed by atoms with Crippen molar-refractivity contribution in [3.8, 4) is 0 Å². The minimum atomic E-state index is -0.216. The van der Waals surface area contributed by atoms with Crippen molar-refractivity contribution in [2.75, 3.05) is 0 Å². The van der Waals surface area contributed by atoms with Gasteiger partial charge in [-0.05, 0) is 37.1 Å². The lowest BCUT2D eigenvalue weighted by Crippen LogP contribution is -2.26. The summed E-state index contributed by atoms with van der Waals surface area (Å²) in [6.07, 6.45) is 3.72. The number of hydrogen-bond acceptors (Lipinski definition) is 3. The molecule has 0 radical (unpaired) electrons. The molecule has 2 amide bonds. The van der Waals surface area contributed by atoms with Crippen LogP contribution in [0.1, 0.15) is 39.1 Å². The number of fused-ring (bicyclic) bond motifs is 1. The van der Waals surface area contributed by atoms with E-state index in [-0.39, 0.29) is 11.8 Å². The molecule has 0 aliphatic heterocycles. The Balaban J connectivity index is 1.44. The van der Waals surface area contributed by atoms with Gasteiger partial charge in [-0.25, -0.2) is 0 Å². The number of amides is 2. The van der Waals surface area contributed by atoms with Crippen molar-refractivity contribution in [2.24, 2.45) is 0 Å². The average molecular weight is 334 g/mol. The lowest BCUT2D eigenvalue weighted by atomic mass is 10.1. The maximum absolute atomic E-state index is 12.4. The second-order valence-electron chi connectivity index (χ2n) is 6.27. The quantitative estimate of drug-likeness (QED) is 0.752. The van der Waals surface area contributed by atoms with Crippen molar-refractivity contribution in [2.45, 2.75) is 25.4 Å². The highest BCUT2D eigenvalue weighted by Gasteiger charge is 2.24. The molecule has 2 aromatic carbocycles. The van der Waals surface area contributed by atoms with E-state index in [1.54, 1.807) is 30.5 Å². The van der Waals surface area contributed by atoms with Crippen LogP contribution in [-0.2, 0) is 6.54 Å². The molecular formula is C20H18N2O3. The van der Waals surface area contributed by atoms with E-state index in [0.717, 1.165) is 29.4 Å². The Bertz CT molecular complexity index is 941. The highest BCUT2D eigenvalue weighted by Crippen LogP contribution is 2.21. The first-order valence-electron chi connectivity index (χ1n) is 8.35. The molecule has 1 aromatic heterocycles. The molecule has 0 bridgehead atoms. The van der Waals surface area contributed by atoms with Gasteiger partial charge in [-0.15, -0.1) is 0 Å². The third-order valence-corrected chi connectivity index (χ3v) is 4.30. The van der Waals surface area contributed by atoms with Crippen LogP contribution in [-0.4, -0.2) is 17.9 Å². The van der Waals surface area contributed by atoms with Gasteiger partial charge in [0.1, 0.15) is 5.58 Å². The lowest BCUT2D eigenvalue weighted by molar-refractivity contribution is 0.0950. The molecule has 5 nitrogen and oxygen atoms in total. The number of carbonyl (C=O) groups excluding carboxylic acids is 2. The van der Waals surface area contributed by atoms with E-state index < -0.39 is 0 Å². The molecule has 4 rings (SSSR count). The first-order valence-corrected chi connectivity index (χ1v) is 8.35. The van der Waals surface area contributed by atoms with Gasteiger partial charge in [-0.2, -0.15) is 0 Å². The molecule has 2 N–H and O–H groups in total. The van der Waals surface area contributed by atoms with Gasteiger partial charge in [-0.1, -0.05) is 24.3 Å². The van der Waals surface area contributed by atoms with E-state index in [4.69, 9.17) is 4.42 Å². The maximum Gasteiger partial charge on any atom is 0.251 e. The number of para-hydroxylation sites is 1. The van der Waals surface area contributed by atoms with Crippen molar-refractivity contribution < 1.29 is 14.0 Å². The Labute approximate surface area is 145 Å². The van der Waals surface area contributed by atoms with Gasteiger partial charge in [-0.3, -0.25) is 9.59 Å². The predicted molar refractivity (Wildman–Crippen MR) is 94.3 cm³/mol. The van der Waals surface area contributed by atoms with Crippen molar-refractivity contribution >= 4 is 22.8 Å². The van der Waals surface area contributed by atoms with Crippen LogP contribution in [0.4, 0.5) is 0 Å². The van der Waals surface area contributed by atoms with Gasteiger partial charge in [0.15, 0.2) is 0 Å². The van der Waals surface area contributed by atoms with Crippen LogP contribution < -0.4 is 10.6 Å². The van der Waals surface area contributed by atoms with Crippen LogP contribution >= 0.6 is 0 Å². The van der Waals surface area contributed by atoms with E-state index >= 15 is 0 Å². The first kappa shape index (κ1) is 15.4. The van der Waals surface area contributed by atoms with Crippen molar-refractivity contribution in [3.63, 3.8) is 0 Å². The zero-order valence-corrected chi connectivity index (χ0v) is 13.6. The first-order chi connectivity index (χ1) is 12.2. The van der Waals surface area contributed by atoms with E-state index in [1.165, 1.54) is 0 Å². The Morgan fingerprint density at radius 2 is 1.76 bits per heavy atom. The van der Waals surface area contributed by atoms with Crippen molar-refractivity contribution in [1.29, 1.82) is 0 Å². The fourth-order valence-electron chi connectivity index (χ4n) is 2.75. The Morgan fingerprint density at radius 1 is 1.00 bits per heavy atom. The monoisotopic (exact) mass is 334 g/mol. The second-order valence-corrected chi connectivity index (χ2v) is 6.27. The summed E-state index contributed by atoms with van der Waals surface area (Å²) in [6.45, 7) is 0.369. The number of furan rings is 1. The summed E-state index contributed by atoms with van der Waals surface area (Å²) in [7, 11) is 0. The Kier molecular flexibility index (Phi) is 3.98. The summed E-state index contributed by atoms with van der Waals surface area (Å²) in [4.78, 5) is 24.5. The number of carbonyl (C=O) groups is 2. The van der Waals surface area contributed by atoms with Crippen LogP contribution in [0.2, 0.25) is 0 Å². The minimum Gasteiger partial charge on any atom is -0.464 e. The largest absolute Gasteiger partial charge is 0.464 e. The molecule has 0 saturated heterocycles. The van der Waals surface area contributed by atoms with Crippen molar-refractivity contribution in [3.05, 3.63) is 71.5 Å². The standard InChI is InChI=1S/C20H18N2O3/c23-19(21-11-15-12-25-18-7-2-1-6-17(15)18)13-4-3-5-14(10-13)20(24)22-16-8-9-16/h1-7,10,12,16H,8-9,11H2,(H,21,23)(H,22,24). The third-order valence-electron chi connectivity index (χ3n) is 4.30. The van der Waals surface area contributed by atoms with Gasteiger partial charge in [0.2, 0.25) is 0 Å². The van der Waals surface area contributed by atoms with E-state index in [9.17, 15) is 9.59 Å². The van der Waals surface area contributed by atoms with Gasteiger partial charge in [0.25, 0.3) is 11.8 Å². The maximum atomic E-state index is 12.4. The second kappa shape index (κ2) is 6.43. The summed E-state index contributed by atoms with van der Waals surface area (Å²) in [5.74, 6) is -0.343. The van der Waals surface area contributed by atoms with Crippen LogP contribution in [0.25, 0.3) is 11.0 Å². The molecule has 3 aromatic rings. The van der Waals surface area contributed by atoms with Gasteiger partial charge in [0.05, 0.1) is 6.26 Å². The molecule has 0 unspecified atom stereocenters. The van der Waals surface area contributed by atoms with Gasteiger partial charge >= 0.3 is 0 Å². The van der Waals surface area contributed by atoms with Crippen molar-refractivity contribution in [1.82, 2.24) is 10.6 Å². The Hall–Kier alpha value is -3.08. The fourth-order valence-corrected chi connectivity index (χ4v) is 2.75. The van der Waals surface area contributed by atoms with E-state index in [2.05, 4.69) is 10.6 Å². The van der Waals surface area contributed by atoms with Crippen LogP contribution in [0, 0.1) is 0 Å². The number of benzene rings is 2. The van der Waals surface area contributed by atoms with Crippen LogP contribution in [0.15, 0.2) is 59.2 Å². The SMILES string of the molecule is O=C(NCc1coc2ccccc12)c1cccc(C(=O)NC2CC2)c1. The molecule has 126 valence electrons. The highest BCUT2D eigenvalue weighted by molar-refractivity contribution is 6.00. The highest BCUT2D eigenvalue weighted by atomic mass is 16.3. The zero-order chi connectivity index (χ0) is 17.2. The molecule has 1 aliphatic carbocycles. The molecular weight excluding hydrogens is 316 g/mol. The summed E-state index contributed by atoms with van der Waals surface area (Å²) >= 11 is 0. The van der Waals surface area contributed by atoms with Gasteiger partial charge in [0, 0.05) is 34.7 Å². The lowest BCUT2D eigenvalue weighted by Gasteiger charge is -2.07. The minimum absolute atomic E-state index is 0.127. The van der Waals surface area contributed by atoms with Crippen LogP contribution in [0.3, 0.4) is 0 Å². The molecule has 0 spiro atoms. The van der Waals surface area contributed by atoms with E-state index in [0.29, 0.717) is 23.7 Å². The summed E-state index contributed by atoms with van der Waals surface area (Å²) in [6, 6.07) is 14.8. The summed E-state index contributed by atoms with van der Waals surface area (Å²) < 4.78 is 5.48. The predicted octanol–water partition coefficient (Wildman–Crippen LogP) is 3.26. The summed E-state index contributed by atoms with van der Waals surface area (Å²) in [5.41, 5.74) is 2.70. The zero-order valence-electron chi connectivity index (χ0n) is 13.6.